The summed E-state index contributed by atoms with van der Waals surface area (Å²) in [6, 6.07) is 8.81. The van der Waals surface area contributed by atoms with Gasteiger partial charge in [-0.05, 0) is 44.2 Å². The number of thioether (sulfide) groups is 1. The number of hydrogen-bond acceptors (Lipinski definition) is 3. The minimum absolute atomic E-state index is 0. The van der Waals surface area contributed by atoms with Gasteiger partial charge in [-0.3, -0.25) is 4.79 Å². The van der Waals surface area contributed by atoms with Crippen molar-refractivity contribution in [3.8, 4) is 0 Å². The number of hydrogen-bond donors (Lipinski definition) is 1. The zero-order chi connectivity index (χ0) is 14.4. The first-order valence-corrected chi connectivity index (χ1v) is 8.80. The molecule has 6 heteroatoms. The molecule has 0 radical (unpaired) electrons. The SMILES string of the molecule is CNC1CCN(C(=O)CCSc2ccc(Br)cc2)CC1.Cl. The quantitative estimate of drug-likeness (QED) is 0.776. The molecule has 21 heavy (non-hydrogen) atoms. The average molecular weight is 394 g/mol. The molecule has 1 heterocycles. The number of halogens is 2. The molecule has 1 aliphatic heterocycles. The first-order chi connectivity index (χ1) is 9.69. The van der Waals surface area contributed by atoms with E-state index in [0.717, 1.165) is 36.2 Å². The Morgan fingerprint density at radius 2 is 1.95 bits per heavy atom. The van der Waals surface area contributed by atoms with Crippen molar-refractivity contribution in [1.82, 2.24) is 10.2 Å². The highest BCUT2D eigenvalue weighted by Gasteiger charge is 2.21. The van der Waals surface area contributed by atoms with E-state index < -0.39 is 0 Å². The summed E-state index contributed by atoms with van der Waals surface area (Å²) in [5.74, 6) is 1.15. The van der Waals surface area contributed by atoms with Crippen molar-refractivity contribution in [2.24, 2.45) is 0 Å². The molecule has 1 aromatic carbocycles. The summed E-state index contributed by atoms with van der Waals surface area (Å²) in [5, 5.41) is 3.29. The van der Waals surface area contributed by atoms with E-state index in [-0.39, 0.29) is 12.4 Å². The molecule has 3 nitrogen and oxygen atoms in total. The minimum Gasteiger partial charge on any atom is -0.343 e. The minimum atomic E-state index is 0. The number of rotatable bonds is 5. The molecule has 0 atom stereocenters. The second-order valence-electron chi connectivity index (χ2n) is 5.00. The summed E-state index contributed by atoms with van der Waals surface area (Å²) < 4.78 is 1.09. The van der Waals surface area contributed by atoms with Crippen LogP contribution in [-0.4, -0.2) is 42.7 Å². The number of carbonyl (C=O) groups is 1. The van der Waals surface area contributed by atoms with Gasteiger partial charge in [-0.25, -0.2) is 0 Å². The Kier molecular flexibility index (Phi) is 8.71. The van der Waals surface area contributed by atoms with Crippen LogP contribution in [0.15, 0.2) is 33.6 Å². The first-order valence-electron chi connectivity index (χ1n) is 7.02. The Morgan fingerprint density at radius 1 is 1.33 bits per heavy atom. The van der Waals surface area contributed by atoms with Gasteiger partial charge >= 0.3 is 0 Å². The van der Waals surface area contributed by atoms with Gasteiger partial charge in [0.1, 0.15) is 0 Å². The summed E-state index contributed by atoms with van der Waals surface area (Å²) in [6.07, 6.45) is 2.77. The largest absolute Gasteiger partial charge is 0.343 e. The third kappa shape index (κ3) is 6.19. The smallest absolute Gasteiger partial charge is 0.223 e. The Hall–Kier alpha value is -0.230. The van der Waals surface area contributed by atoms with Gasteiger partial charge < -0.3 is 10.2 Å². The molecule has 0 spiro atoms. The highest BCUT2D eigenvalue weighted by Crippen LogP contribution is 2.21. The van der Waals surface area contributed by atoms with Gasteiger partial charge in [0, 0.05) is 40.7 Å². The fraction of sp³-hybridized carbons (Fsp3) is 0.533. The van der Waals surface area contributed by atoms with Crippen molar-refractivity contribution < 1.29 is 4.79 Å². The number of nitrogens with one attached hydrogen (secondary N) is 1. The molecule has 1 saturated heterocycles. The summed E-state index contributed by atoms with van der Waals surface area (Å²) >= 11 is 5.17. The van der Waals surface area contributed by atoms with Gasteiger partial charge in [0.05, 0.1) is 0 Å². The lowest BCUT2D eigenvalue weighted by molar-refractivity contribution is -0.131. The summed E-state index contributed by atoms with van der Waals surface area (Å²) in [6.45, 7) is 1.79. The zero-order valence-electron chi connectivity index (χ0n) is 12.2. The van der Waals surface area contributed by atoms with Gasteiger partial charge in [0.2, 0.25) is 5.91 Å². The molecular formula is C15H22BrClN2OS. The highest BCUT2D eigenvalue weighted by molar-refractivity contribution is 9.10. The van der Waals surface area contributed by atoms with E-state index in [4.69, 9.17) is 0 Å². The molecule has 1 N–H and O–H groups in total. The van der Waals surface area contributed by atoms with Gasteiger partial charge in [0.15, 0.2) is 0 Å². The molecular weight excluding hydrogens is 372 g/mol. The number of likely N-dealkylation sites (tertiary alicyclic amines) is 1. The topological polar surface area (TPSA) is 32.3 Å². The molecule has 0 aliphatic carbocycles. The monoisotopic (exact) mass is 392 g/mol. The van der Waals surface area contributed by atoms with Gasteiger partial charge in [-0.15, -0.1) is 24.2 Å². The lowest BCUT2D eigenvalue weighted by Gasteiger charge is -2.31. The number of carbonyl (C=O) groups excluding carboxylic acids is 1. The number of benzene rings is 1. The summed E-state index contributed by atoms with van der Waals surface area (Å²) in [7, 11) is 2.00. The van der Waals surface area contributed by atoms with E-state index in [2.05, 4.69) is 33.4 Å². The highest BCUT2D eigenvalue weighted by atomic mass is 79.9. The standard InChI is InChI=1S/C15H21BrN2OS.ClH/c1-17-13-6-9-18(10-7-13)15(19)8-11-20-14-4-2-12(16)3-5-14;/h2-5,13,17H,6-11H2,1H3;1H. The lowest BCUT2D eigenvalue weighted by Crippen LogP contribution is -2.44. The van der Waals surface area contributed by atoms with E-state index in [9.17, 15) is 4.79 Å². The average Bonchev–Trinajstić information content (AvgIpc) is 2.49. The maximum absolute atomic E-state index is 12.1. The predicted molar refractivity (Wildman–Crippen MR) is 95.4 cm³/mol. The van der Waals surface area contributed by atoms with Gasteiger partial charge in [-0.2, -0.15) is 0 Å². The molecule has 2 rings (SSSR count). The lowest BCUT2D eigenvalue weighted by atomic mass is 10.1. The van der Waals surface area contributed by atoms with Crippen LogP contribution in [0.2, 0.25) is 0 Å². The Labute approximate surface area is 145 Å². The first kappa shape index (κ1) is 18.8. The maximum Gasteiger partial charge on any atom is 0.223 e. The van der Waals surface area contributed by atoms with Crippen LogP contribution in [0.4, 0.5) is 0 Å². The summed E-state index contributed by atoms with van der Waals surface area (Å²) in [4.78, 5) is 15.3. The fourth-order valence-electron chi connectivity index (χ4n) is 2.36. The van der Waals surface area contributed by atoms with Crippen LogP contribution in [0.3, 0.4) is 0 Å². The van der Waals surface area contributed by atoms with Crippen molar-refractivity contribution in [3.05, 3.63) is 28.7 Å². The molecule has 0 unspecified atom stereocenters. The molecule has 118 valence electrons. The number of piperidine rings is 1. The van der Waals surface area contributed by atoms with Crippen LogP contribution in [-0.2, 0) is 4.79 Å². The third-order valence-electron chi connectivity index (χ3n) is 3.65. The third-order valence-corrected chi connectivity index (χ3v) is 5.20. The second kappa shape index (κ2) is 9.72. The van der Waals surface area contributed by atoms with Gasteiger partial charge in [-0.1, -0.05) is 15.9 Å². The molecule has 1 aliphatic rings. The van der Waals surface area contributed by atoms with Crippen molar-refractivity contribution in [1.29, 1.82) is 0 Å². The van der Waals surface area contributed by atoms with E-state index in [1.54, 1.807) is 11.8 Å². The molecule has 0 aromatic heterocycles. The van der Waals surface area contributed by atoms with E-state index in [1.807, 2.05) is 24.1 Å². The molecule has 1 amide bonds. The maximum atomic E-state index is 12.1. The van der Waals surface area contributed by atoms with Crippen LogP contribution < -0.4 is 5.32 Å². The van der Waals surface area contributed by atoms with Crippen LogP contribution >= 0.6 is 40.1 Å². The fourth-order valence-corrected chi connectivity index (χ4v) is 3.47. The zero-order valence-corrected chi connectivity index (χ0v) is 15.4. The van der Waals surface area contributed by atoms with Crippen LogP contribution in [0, 0.1) is 0 Å². The van der Waals surface area contributed by atoms with Crippen molar-refractivity contribution in [2.75, 3.05) is 25.9 Å². The normalized spacial score (nSPS) is 15.6. The Bertz CT molecular complexity index is 436. The Balaban J connectivity index is 0.00000220. The van der Waals surface area contributed by atoms with Crippen LogP contribution in [0.5, 0.6) is 0 Å². The number of nitrogens with zero attached hydrogens (tertiary/aromatic N) is 1. The Morgan fingerprint density at radius 3 is 2.52 bits per heavy atom. The van der Waals surface area contributed by atoms with Crippen LogP contribution in [0.25, 0.3) is 0 Å². The molecule has 1 aromatic rings. The molecule has 0 saturated carbocycles. The predicted octanol–water partition coefficient (Wildman–Crippen LogP) is 3.56. The van der Waals surface area contributed by atoms with Gasteiger partial charge in [0.25, 0.3) is 0 Å². The van der Waals surface area contributed by atoms with E-state index >= 15 is 0 Å². The molecule has 0 bridgehead atoms. The number of amides is 1. The van der Waals surface area contributed by atoms with E-state index in [1.165, 1.54) is 4.90 Å². The van der Waals surface area contributed by atoms with Crippen molar-refractivity contribution in [2.45, 2.75) is 30.2 Å². The van der Waals surface area contributed by atoms with Crippen molar-refractivity contribution in [3.63, 3.8) is 0 Å². The van der Waals surface area contributed by atoms with Crippen LogP contribution in [0.1, 0.15) is 19.3 Å². The molecule has 1 fully saturated rings. The second-order valence-corrected chi connectivity index (χ2v) is 7.08. The van der Waals surface area contributed by atoms with Crippen molar-refractivity contribution >= 4 is 46.0 Å². The van der Waals surface area contributed by atoms with E-state index in [0.29, 0.717) is 18.4 Å². The summed E-state index contributed by atoms with van der Waals surface area (Å²) in [5.41, 5.74) is 0.